The van der Waals surface area contributed by atoms with E-state index in [4.69, 9.17) is 20.9 Å². The Morgan fingerprint density at radius 1 is 1.20 bits per heavy atom. The third-order valence-corrected chi connectivity index (χ3v) is 8.03. The maximum atomic E-state index is 14.0. The van der Waals surface area contributed by atoms with Gasteiger partial charge in [0.1, 0.15) is 35.4 Å². The van der Waals surface area contributed by atoms with E-state index < -0.39 is 11.5 Å². The van der Waals surface area contributed by atoms with Gasteiger partial charge in [0.05, 0.1) is 29.2 Å². The number of nitrogens with zero attached hydrogens (tertiary/aromatic N) is 4. The van der Waals surface area contributed by atoms with Gasteiger partial charge in [0.25, 0.3) is 0 Å². The average molecular weight is 577 g/mol. The summed E-state index contributed by atoms with van der Waals surface area (Å²) in [5, 5.41) is 17.3. The molecule has 2 aromatic carbocycles. The number of aryl methyl sites for hydroxylation is 2. The van der Waals surface area contributed by atoms with Crippen molar-refractivity contribution in [1.82, 2.24) is 10.1 Å². The predicted molar refractivity (Wildman–Crippen MR) is 150 cm³/mol. The first-order valence-corrected chi connectivity index (χ1v) is 13.5. The van der Waals surface area contributed by atoms with Crippen LogP contribution in [-0.4, -0.2) is 34.3 Å². The van der Waals surface area contributed by atoms with Crippen LogP contribution in [0.3, 0.4) is 0 Å². The molecule has 1 saturated heterocycles. The zero-order chi connectivity index (χ0) is 28.9. The van der Waals surface area contributed by atoms with Gasteiger partial charge in [0.15, 0.2) is 5.54 Å². The highest BCUT2D eigenvalue weighted by Crippen LogP contribution is 2.46. The van der Waals surface area contributed by atoms with Gasteiger partial charge in [0, 0.05) is 23.2 Å². The van der Waals surface area contributed by atoms with Gasteiger partial charge in [-0.2, -0.15) is 0 Å². The fourth-order valence-corrected chi connectivity index (χ4v) is 5.82. The summed E-state index contributed by atoms with van der Waals surface area (Å²) in [6, 6.07) is 10.9. The van der Waals surface area contributed by atoms with Crippen molar-refractivity contribution in [1.29, 1.82) is 0 Å². The molecular formula is C30H26ClFN4O5. The van der Waals surface area contributed by atoms with Crippen molar-refractivity contribution in [3.63, 3.8) is 0 Å². The van der Waals surface area contributed by atoms with Crippen LogP contribution in [0.15, 0.2) is 58.4 Å². The minimum Gasteiger partial charge on any atom is -0.489 e. The van der Waals surface area contributed by atoms with Crippen molar-refractivity contribution in [2.45, 2.75) is 44.8 Å². The SMILES string of the molecule is Cc1cc(F)cc(C)c1-c1noc(C2CC2)c1COc1ccc(C2(N=O)CN(c3cc(C(=O)O)ccn3)C2)c(Cl)c1. The topological polar surface area (TPSA) is 118 Å². The number of hydrogen-bond donors (Lipinski definition) is 1. The number of anilines is 1. The standard InChI is InChI=1S/C30H26ClFN4O5/c1-16-9-20(32)10-17(2)26(16)27-22(28(41-34-27)18-3-4-18)13-40-21-5-6-23(24(31)12-21)30(35-39)14-36(15-30)25-11-19(29(37)38)7-8-33-25/h5-12,18H,3-4,13-15H2,1-2H3,(H,37,38). The van der Waals surface area contributed by atoms with Crippen molar-refractivity contribution in [3.05, 3.63) is 98.0 Å². The number of benzene rings is 2. The smallest absolute Gasteiger partial charge is 0.335 e. The van der Waals surface area contributed by atoms with Crippen LogP contribution in [0.4, 0.5) is 10.2 Å². The van der Waals surface area contributed by atoms with Crippen LogP contribution in [-0.2, 0) is 12.1 Å². The van der Waals surface area contributed by atoms with Gasteiger partial charge in [-0.15, -0.1) is 4.91 Å². The number of carboxylic acids is 1. The number of hydrogen-bond acceptors (Lipinski definition) is 8. The van der Waals surface area contributed by atoms with E-state index in [1.54, 1.807) is 23.1 Å². The van der Waals surface area contributed by atoms with Crippen LogP contribution in [0.2, 0.25) is 5.02 Å². The van der Waals surface area contributed by atoms with Gasteiger partial charge >= 0.3 is 5.97 Å². The summed E-state index contributed by atoms with van der Waals surface area (Å²) in [5.74, 6) is 0.649. The molecule has 0 amide bonds. The molecule has 0 atom stereocenters. The van der Waals surface area contributed by atoms with E-state index in [9.17, 15) is 19.2 Å². The Morgan fingerprint density at radius 2 is 1.93 bits per heavy atom. The van der Waals surface area contributed by atoms with Gasteiger partial charge in [0.2, 0.25) is 0 Å². The molecule has 0 unspecified atom stereocenters. The molecule has 210 valence electrons. The van der Waals surface area contributed by atoms with Gasteiger partial charge in [-0.05, 0) is 74.2 Å². The average Bonchev–Trinajstić information content (AvgIpc) is 3.68. The minimum absolute atomic E-state index is 0.108. The first-order chi connectivity index (χ1) is 19.7. The molecule has 2 fully saturated rings. The molecule has 4 aromatic rings. The lowest BCUT2D eigenvalue weighted by molar-refractivity contribution is 0.0696. The number of rotatable bonds is 9. The van der Waals surface area contributed by atoms with Gasteiger partial charge in [-0.1, -0.05) is 28.0 Å². The maximum Gasteiger partial charge on any atom is 0.335 e. The van der Waals surface area contributed by atoms with Crippen LogP contribution in [0.1, 0.15) is 57.1 Å². The van der Waals surface area contributed by atoms with E-state index in [0.29, 0.717) is 27.8 Å². The lowest BCUT2D eigenvalue weighted by Gasteiger charge is -2.46. The summed E-state index contributed by atoms with van der Waals surface area (Å²) < 4.78 is 25.9. The Hall–Kier alpha value is -4.31. The number of aromatic carboxylic acids is 1. The second-order valence-corrected chi connectivity index (χ2v) is 11.1. The quantitative estimate of drug-likeness (QED) is 0.217. The second-order valence-electron chi connectivity index (χ2n) is 10.7. The van der Waals surface area contributed by atoms with Crippen molar-refractivity contribution < 1.29 is 23.6 Å². The molecule has 11 heteroatoms. The van der Waals surface area contributed by atoms with Crippen molar-refractivity contribution in [3.8, 4) is 17.0 Å². The van der Waals surface area contributed by atoms with E-state index in [1.165, 1.54) is 30.5 Å². The van der Waals surface area contributed by atoms with Crippen LogP contribution >= 0.6 is 11.6 Å². The Balaban J connectivity index is 1.22. The molecule has 1 saturated carbocycles. The van der Waals surface area contributed by atoms with E-state index in [2.05, 4.69) is 15.3 Å². The van der Waals surface area contributed by atoms with Crippen LogP contribution in [0.25, 0.3) is 11.3 Å². The fourth-order valence-electron chi connectivity index (χ4n) is 5.48. The lowest BCUT2D eigenvalue weighted by atomic mass is 9.83. The van der Waals surface area contributed by atoms with E-state index >= 15 is 0 Å². The Labute approximate surface area is 239 Å². The molecule has 0 radical (unpaired) electrons. The predicted octanol–water partition coefficient (Wildman–Crippen LogP) is 6.78. The summed E-state index contributed by atoms with van der Waals surface area (Å²) >= 11 is 6.64. The Morgan fingerprint density at radius 3 is 2.56 bits per heavy atom. The Bertz CT molecular complexity index is 1660. The number of nitroso groups, excluding NO2 is 1. The Kier molecular flexibility index (Phi) is 6.73. The molecular weight excluding hydrogens is 551 g/mol. The molecule has 1 aliphatic heterocycles. The summed E-state index contributed by atoms with van der Waals surface area (Å²) in [6.45, 7) is 4.28. The number of aromatic nitrogens is 2. The van der Waals surface area contributed by atoms with Crippen molar-refractivity contribution >= 4 is 23.4 Å². The molecule has 9 nitrogen and oxygen atoms in total. The number of ether oxygens (including phenoxy) is 1. The number of carbonyl (C=O) groups is 1. The number of halogens is 2. The summed E-state index contributed by atoms with van der Waals surface area (Å²) in [7, 11) is 0. The second kappa shape index (κ2) is 10.3. The zero-order valence-electron chi connectivity index (χ0n) is 22.4. The highest BCUT2D eigenvalue weighted by atomic mass is 35.5. The third kappa shape index (κ3) is 4.93. The molecule has 0 bridgehead atoms. The minimum atomic E-state index is -1.10. The van der Waals surface area contributed by atoms with E-state index in [0.717, 1.165) is 40.9 Å². The molecule has 0 spiro atoms. The van der Waals surface area contributed by atoms with Gasteiger partial charge < -0.3 is 19.3 Å². The zero-order valence-corrected chi connectivity index (χ0v) is 23.1. The molecule has 2 aliphatic rings. The molecule has 2 aromatic heterocycles. The van der Waals surface area contributed by atoms with Crippen LogP contribution in [0, 0.1) is 24.6 Å². The largest absolute Gasteiger partial charge is 0.489 e. The first kappa shape index (κ1) is 26.9. The van der Waals surface area contributed by atoms with Crippen molar-refractivity contribution in [2.24, 2.45) is 5.18 Å². The van der Waals surface area contributed by atoms with Crippen molar-refractivity contribution in [2.75, 3.05) is 18.0 Å². The first-order valence-electron chi connectivity index (χ1n) is 13.2. The van der Waals surface area contributed by atoms with Gasteiger partial charge in [-0.3, -0.25) is 0 Å². The monoisotopic (exact) mass is 576 g/mol. The molecule has 3 heterocycles. The number of pyridine rings is 1. The number of carboxylic acid groups (broad SMARTS) is 1. The summed E-state index contributed by atoms with van der Waals surface area (Å²) in [6.07, 6.45) is 3.44. The summed E-state index contributed by atoms with van der Waals surface area (Å²) in [5.41, 5.74) is 3.37. The highest BCUT2D eigenvalue weighted by molar-refractivity contribution is 6.31. The maximum absolute atomic E-state index is 14.0. The molecule has 41 heavy (non-hydrogen) atoms. The van der Waals surface area contributed by atoms with Crippen LogP contribution < -0.4 is 9.64 Å². The summed E-state index contributed by atoms with van der Waals surface area (Å²) in [4.78, 5) is 29.3. The van der Waals surface area contributed by atoms with Crippen LogP contribution in [0.5, 0.6) is 5.75 Å². The normalized spacial score (nSPS) is 15.9. The molecule has 1 N–H and O–H groups in total. The van der Waals surface area contributed by atoms with E-state index in [1.807, 2.05) is 13.8 Å². The lowest BCUT2D eigenvalue weighted by Crippen LogP contribution is -2.58. The molecule has 6 rings (SSSR count). The van der Waals surface area contributed by atoms with E-state index in [-0.39, 0.29) is 37.0 Å². The highest BCUT2D eigenvalue weighted by Gasteiger charge is 2.48. The molecule has 1 aliphatic carbocycles. The van der Waals surface area contributed by atoms with Gasteiger partial charge in [-0.25, -0.2) is 14.2 Å². The third-order valence-electron chi connectivity index (χ3n) is 7.72. The fraction of sp³-hybridized carbons (Fsp3) is 0.300.